The number of nitrogens with zero attached hydrogens (tertiary/aromatic N) is 1. The Morgan fingerprint density at radius 2 is 1.95 bits per heavy atom. The van der Waals surface area contributed by atoms with Gasteiger partial charge in [-0.05, 0) is 68.7 Å². The Balaban J connectivity index is 0.00000176. The van der Waals surface area contributed by atoms with Gasteiger partial charge in [0.25, 0.3) is 0 Å². The van der Waals surface area contributed by atoms with Crippen LogP contribution in [-0.2, 0) is 47.5 Å². The van der Waals surface area contributed by atoms with E-state index in [9.17, 15) is 8.78 Å². The first-order valence-electron chi connectivity index (χ1n) is 7.69. The van der Waals surface area contributed by atoms with Crippen LogP contribution in [0.25, 0.3) is 0 Å². The first kappa shape index (κ1) is 17.4. The van der Waals surface area contributed by atoms with Crippen molar-refractivity contribution < 1.29 is 30.5 Å². The molecule has 1 aliphatic carbocycles. The molecule has 2 aromatic rings. The van der Waals surface area contributed by atoms with Gasteiger partial charge in [-0.1, -0.05) is 6.07 Å². The first-order valence-corrected chi connectivity index (χ1v) is 7.69. The summed E-state index contributed by atoms with van der Waals surface area (Å²) in [6.45, 7) is 3.04. The predicted octanol–water partition coefficient (Wildman–Crippen LogP) is 4.38. The van der Waals surface area contributed by atoms with Crippen LogP contribution in [-0.4, -0.2) is 4.57 Å². The van der Waals surface area contributed by atoms with E-state index in [1.54, 1.807) is 0 Å². The third-order valence-electron chi connectivity index (χ3n) is 4.38. The molecular formula is C18H20F2NTi. The summed E-state index contributed by atoms with van der Waals surface area (Å²) >= 11 is 0. The topological polar surface area (TPSA) is 4.93 Å². The Labute approximate surface area is 145 Å². The fraction of sp³-hybridized carbons (Fsp3) is 0.444. The zero-order valence-electron chi connectivity index (χ0n) is 12.9. The van der Waals surface area contributed by atoms with E-state index < -0.39 is 11.6 Å². The van der Waals surface area contributed by atoms with Crippen molar-refractivity contribution in [3.05, 3.63) is 58.4 Å². The largest absolute Gasteiger partial charge is 0.349 e. The van der Waals surface area contributed by atoms with E-state index in [4.69, 9.17) is 0 Å². The molecule has 115 valence electrons. The summed E-state index contributed by atoms with van der Waals surface area (Å²) in [4.78, 5) is 0. The van der Waals surface area contributed by atoms with Gasteiger partial charge in [0.15, 0.2) is 0 Å². The van der Waals surface area contributed by atoms with E-state index in [0.717, 1.165) is 19.4 Å². The number of rotatable bonds is 4. The molecule has 3 rings (SSSR count). The van der Waals surface area contributed by atoms with Gasteiger partial charge in [-0.15, -0.1) is 0 Å². The number of fused-ring (bicyclic) bond motifs is 1. The minimum Gasteiger partial charge on any atom is -0.349 e. The quantitative estimate of drug-likeness (QED) is 0.730. The maximum absolute atomic E-state index is 13.6. The van der Waals surface area contributed by atoms with Crippen molar-refractivity contribution in [1.82, 2.24) is 4.57 Å². The minimum absolute atomic E-state index is 0. The molecule has 0 saturated heterocycles. The van der Waals surface area contributed by atoms with Crippen LogP contribution in [0.15, 0.2) is 18.2 Å². The molecule has 0 amide bonds. The van der Waals surface area contributed by atoms with Crippen LogP contribution in [0.3, 0.4) is 0 Å². The normalized spacial score (nSPS) is 13.6. The SMILES string of the molecule is Cc1cc2c(n1CCCc1ccc(F)[c]c1F)CCCC2.[Ti]. The molecule has 22 heavy (non-hydrogen) atoms. The molecule has 0 atom stereocenters. The summed E-state index contributed by atoms with van der Waals surface area (Å²) in [5.41, 5.74) is 4.80. The van der Waals surface area contributed by atoms with Crippen LogP contribution in [0.5, 0.6) is 0 Å². The molecule has 0 saturated carbocycles. The molecule has 1 heterocycles. The van der Waals surface area contributed by atoms with Gasteiger partial charge in [-0.3, -0.25) is 0 Å². The molecular weight excluding hydrogens is 316 g/mol. The summed E-state index contributed by atoms with van der Waals surface area (Å²) in [7, 11) is 0. The van der Waals surface area contributed by atoms with Gasteiger partial charge in [-0.25, -0.2) is 8.78 Å². The van der Waals surface area contributed by atoms with E-state index in [-0.39, 0.29) is 21.7 Å². The van der Waals surface area contributed by atoms with Gasteiger partial charge in [0.2, 0.25) is 0 Å². The third-order valence-corrected chi connectivity index (χ3v) is 4.38. The summed E-state index contributed by atoms with van der Waals surface area (Å²) in [6, 6.07) is 7.20. The number of benzene rings is 1. The summed E-state index contributed by atoms with van der Waals surface area (Å²) in [5, 5.41) is 0. The fourth-order valence-electron chi connectivity index (χ4n) is 3.33. The smallest absolute Gasteiger partial charge is 0.137 e. The van der Waals surface area contributed by atoms with Gasteiger partial charge in [0, 0.05) is 39.7 Å². The number of aromatic nitrogens is 1. The summed E-state index contributed by atoms with van der Waals surface area (Å²) in [6.07, 6.45) is 6.37. The van der Waals surface area contributed by atoms with Crippen LogP contribution in [0.1, 0.15) is 41.8 Å². The van der Waals surface area contributed by atoms with Gasteiger partial charge in [-0.2, -0.15) is 0 Å². The Hall–Kier alpha value is -0.926. The van der Waals surface area contributed by atoms with Gasteiger partial charge >= 0.3 is 0 Å². The van der Waals surface area contributed by atoms with Crippen molar-refractivity contribution in [3.8, 4) is 0 Å². The van der Waals surface area contributed by atoms with E-state index in [1.807, 2.05) is 0 Å². The molecule has 0 unspecified atom stereocenters. The maximum Gasteiger partial charge on any atom is 0.137 e. The van der Waals surface area contributed by atoms with Crippen LogP contribution in [0, 0.1) is 24.6 Å². The molecule has 0 bridgehead atoms. The average Bonchev–Trinajstić information content (AvgIpc) is 2.77. The molecule has 4 heteroatoms. The van der Waals surface area contributed by atoms with E-state index >= 15 is 0 Å². The minimum atomic E-state index is -0.633. The Bertz CT molecular complexity index is 649. The second-order valence-corrected chi connectivity index (χ2v) is 5.87. The van der Waals surface area contributed by atoms with E-state index in [1.165, 1.54) is 48.3 Å². The Morgan fingerprint density at radius 1 is 1.18 bits per heavy atom. The second kappa shape index (κ2) is 7.56. The van der Waals surface area contributed by atoms with E-state index in [0.29, 0.717) is 12.0 Å². The molecule has 0 fully saturated rings. The van der Waals surface area contributed by atoms with Crippen molar-refractivity contribution in [3.63, 3.8) is 0 Å². The zero-order valence-corrected chi connectivity index (χ0v) is 14.4. The van der Waals surface area contributed by atoms with Crippen LogP contribution >= 0.6 is 0 Å². The third kappa shape index (κ3) is 3.69. The number of aryl methyl sites for hydroxylation is 3. The molecule has 0 aliphatic heterocycles. The molecule has 1 radical (unpaired) electrons. The van der Waals surface area contributed by atoms with Crippen LogP contribution in [0.2, 0.25) is 0 Å². The van der Waals surface area contributed by atoms with Crippen molar-refractivity contribution in [2.75, 3.05) is 0 Å². The van der Waals surface area contributed by atoms with Gasteiger partial charge in [0.05, 0.1) is 6.07 Å². The van der Waals surface area contributed by atoms with Crippen molar-refractivity contribution >= 4 is 0 Å². The van der Waals surface area contributed by atoms with Crippen LogP contribution in [0.4, 0.5) is 8.78 Å². The fourth-order valence-corrected chi connectivity index (χ4v) is 3.33. The number of halogens is 2. The monoisotopic (exact) mass is 336 g/mol. The molecule has 0 spiro atoms. The molecule has 1 aromatic heterocycles. The average molecular weight is 336 g/mol. The molecule has 1 aromatic carbocycles. The molecule has 0 N–H and O–H groups in total. The van der Waals surface area contributed by atoms with Gasteiger partial charge < -0.3 is 4.57 Å². The van der Waals surface area contributed by atoms with Crippen molar-refractivity contribution in [2.45, 2.75) is 52.0 Å². The number of hydrogen-bond acceptors (Lipinski definition) is 0. The molecule has 1 aliphatic rings. The van der Waals surface area contributed by atoms with Crippen molar-refractivity contribution in [1.29, 1.82) is 0 Å². The summed E-state index contributed by atoms with van der Waals surface area (Å²) < 4.78 is 28.8. The predicted molar refractivity (Wildman–Crippen MR) is 79.3 cm³/mol. The Morgan fingerprint density at radius 3 is 2.73 bits per heavy atom. The van der Waals surface area contributed by atoms with E-state index in [2.05, 4.69) is 23.6 Å². The molecule has 1 nitrogen and oxygen atoms in total. The second-order valence-electron chi connectivity index (χ2n) is 5.87. The first-order chi connectivity index (χ1) is 10.1. The van der Waals surface area contributed by atoms with Gasteiger partial charge in [0.1, 0.15) is 11.6 Å². The standard InChI is InChI=1S/C18H20F2N.Ti/c1-13-11-15-5-2-3-7-18(15)21(13)10-4-6-14-8-9-16(19)12-17(14)20;/h8-9,11H,2-7,10H2,1H3;. The number of hydrogen-bond donors (Lipinski definition) is 0. The maximum atomic E-state index is 13.6. The van der Waals surface area contributed by atoms with Crippen molar-refractivity contribution in [2.24, 2.45) is 0 Å². The zero-order chi connectivity index (χ0) is 14.8. The Kier molecular flexibility index (Phi) is 5.99. The van der Waals surface area contributed by atoms with Crippen LogP contribution < -0.4 is 0 Å². The summed E-state index contributed by atoms with van der Waals surface area (Å²) in [5.74, 6) is -1.19.